The molecule has 0 aliphatic heterocycles. The first-order valence-corrected chi connectivity index (χ1v) is 4.72. The predicted octanol–water partition coefficient (Wildman–Crippen LogP) is 1.50. The molecular weight excluding hydrogens is 209 g/mol. The first-order valence-electron chi connectivity index (χ1n) is 4.72. The number of halogens is 3. The second-order valence-corrected chi connectivity index (χ2v) is 3.20. The van der Waals surface area contributed by atoms with E-state index in [2.05, 4.69) is 15.2 Å². The number of aromatic amines is 1. The van der Waals surface area contributed by atoms with Gasteiger partial charge >= 0.3 is 6.18 Å². The van der Waals surface area contributed by atoms with Crippen LogP contribution >= 0.6 is 0 Å². The Bertz CT molecular complexity index is 294. The van der Waals surface area contributed by atoms with Gasteiger partial charge in [-0.15, -0.1) is 5.10 Å². The average molecular weight is 222 g/mol. The SMILES string of the molecule is NCCCCCc1nc(C(F)(F)F)n[nH]1. The van der Waals surface area contributed by atoms with Gasteiger partial charge in [0, 0.05) is 6.42 Å². The Labute approximate surface area is 85.1 Å². The molecule has 4 nitrogen and oxygen atoms in total. The van der Waals surface area contributed by atoms with Crippen LogP contribution in [0.25, 0.3) is 0 Å². The van der Waals surface area contributed by atoms with E-state index in [1.165, 1.54) is 0 Å². The van der Waals surface area contributed by atoms with Gasteiger partial charge in [0.15, 0.2) is 0 Å². The minimum absolute atomic E-state index is 0.277. The van der Waals surface area contributed by atoms with Crippen LogP contribution in [-0.2, 0) is 12.6 Å². The molecule has 0 aromatic carbocycles. The number of aromatic nitrogens is 3. The first kappa shape index (κ1) is 12.0. The lowest BCUT2D eigenvalue weighted by Gasteiger charge is -1.98. The fourth-order valence-electron chi connectivity index (χ4n) is 1.15. The van der Waals surface area contributed by atoms with Gasteiger partial charge in [-0.1, -0.05) is 6.42 Å². The fourth-order valence-corrected chi connectivity index (χ4v) is 1.15. The summed E-state index contributed by atoms with van der Waals surface area (Å²) in [6.45, 7) is 0.601. The van der Waals surface area contributed by atoms with Crippen molar-refractivity contribution < 1.29 is 13.2 Å². The third-order valence-corrected chi connectivity index (χ3v) is 1.90. The summed E-state index contributed by atoms with van der Waals surface area (Å²) in [5, 5.41) is 5.38. The number of alkyl halides is 3. The highest BCUT2D eigenvalue weighted by Crippen LogP contribution is 2.25. The monoisotopic (exact) mass is 222 g/mol. The number of nitrogens with one attached hydrogen (secondary N) is 1. The van der Waals surface area contributed by atoms with Crippen molar-refractivity contribution >= 4 is 0 Å². The molecule has 86 valence electrons. The molecule has 0 aliphatic rings. The van der Waals surface area contributed by atoms with Crippen LogP contribution in [0.2, 0.25) is 0 Å². The predicted molar refractivity (Wildman–Crippen MR) is 48.0 cm³/mol. The van der Waals surface area contributed by atoms with Crippen LogP contribution in [0.4, 0.5) is 13.2 Å². The summed E-state index contributed by atoms with van der Waals surface area (Å²) in [5.74, 6) is -0.823. The highest BCUT2D eigenvalue weighted by molar-refractivity contribution is 4.94. The van der Waals surface area contributed by atoms with Crippen LogP contribution in [-0.4, -0.2) is 21.7 Å². The number of unbranched alkanes of at least 4 members (excludes halogenated alkanes) is 2. The van der Waals surface area contributed by atoms with E-state index in [9.17, 15) is 13.2 Å². The molecule has 0 unspecified atom stereocenters. The number of H-pyrrole nitrogens is 1. The van der Waals surface area contributed by atoms with E-state index in [-0.39, 0.29) is 5.82 Å². The van der Waals surface area contributed by atoms with Crippen molar-refractivity contribution in [2.75, 3.05) is 6.54 Å². The maximum Gasteiger partial charge on any atom is 0.453 e. The van der Waals surface area contributed by atoms with Gasteiger partial charge in [-0.05, 0) is 19.4 Å². The van der Waals surface area contributed by atoms with Crippen molar-refractivity contribution in [3.8, 4) is 0 Å². The van der Waals surface area contributed by atoms with E-state index < -0.39 is 12.0 Å². The molecule has 1 aromatic heterocycles. The molecule has 0 atom stereocenters. The van der Waals surface area contributed by atoms with Crippen molar-refractivity contribution in [2.24, 2.45) is 5.73 Å². The molecule has 0 radical (unpaired) electrons. The van der Waals surface area contributed by atoms with Gasteiger partial charge in [-0.25, -0.2) is 4.98 Å². The summed E-state index contributed by atoms with van der Waals surface area (Å²) in [6, 6.07) is 0. The minimum atomic E-state index is -4.47. The normalized spacial score (nSPS) is 12.0. The molecule has 0 fully saturated rings. The highest BCUT2D eigenvalue weighted by atomic mass is 19.4. The second-order valence-electron chi connectivity index (χ2n) is 3.20. The number of aryl methyl sites for hydroxylation is 1. The van der Waals surface area contributed by atoms with E-state index >= 15 is 0 Å². The molecular formula is C8H13F3N4. The smallest absolute Gasteiger partial charge is 0.330 e. The number of nitrogens with zero attached hydrogens (tertiary/aromatic N) is 2. The maximum atomic E-state index is 12.1. The van der Waals surface area contributed by atoms with Gasteiger partial charge in [-0.2, -0.15) is 13.2 Å². The largest absolute Gasteiger partial charge is 0.453 e. The summed E-state index contributed by atoms with van der Waals surface area (Å²) < 4.78 is 36.2. The Hall–Kier alpha value is -1.11. The Kier molecular flexibility index (Phi) is 4.07. The molecule has 1 aromatic rings. The summed E-state index contributed by atoms with van der Waals surface area (Å²) in [5.41, 5.74) is 5.28. The van der Waals surface area contributed by atoms with Crippen LogP contribution < -0.4 is 5.73 Å². The van der Waals surface area contributed by atoms with E-state index in [0.717, 1.165) is 19.3 Å². The molecule has 0 spiro atoms. The zero-order valence-corrected chi connectivity index (χ0v) is 8.14. The van der Waals surface area contributed by atoms with Gasteiger partial charge in [0.05, 0.1) is 0 Å². The van der Waals surface area contributed by atoms with Crippen LogP contribution in [0.1, 0.15) is 30.9 Å². The topological polar surface area (TPSA) is 67.6 Å². The van der Waals surface area contributed by atoms with Gasteiger partial charge in [0.2, 0.25) is 0 Å². The van der Waals surface area contributed by atoms with Gasteiger partial charge in [0.25, 0.3) is 5.82 Å². The van der Waals surface area contributed by atoms with Crippen molar-refractivity contribution in [3.05, 3.63) is 11.6 Å². The second kappa shape index (κ2) is 5.11. The summed E-state index contributed by atoms with van der Waals surface area (Å²) in [4.78, 5) is 3.36. The number of nitrogens with two attached hydrogens (primary N) is 1. The van der Waals surface area contributed by atoms with E-state index in [0.29, 0.717) is 13.0 Å². The number of hydrogen-bond acceptors (Lipinski definition) is 3. The molecule has 1 heterocycles. The standard InChI is InChI=1S/C8H13F3N4/c9-8(10,11)7-13-6(14-15-7)4-2-1-3-5-12/h1-5,12H2,(H,13,14,15). The fraction of sp³-hybridized carbons (Fsp3) is 0.750. The zero-order valence-electron chi connectivity index (χ0n) is 8.14. The van der Waals surface area contributed by atoms with Gasteiger partial charge in [0.1, 0.15) is 5.82 Å². The minimum Gasteiger partial charge on any atom is -0.330 e. The van der Waals surface area contributed by atoms with E-state index in [1.54, 1.807) is 0 Å². The molecule has 1 rings (SSSR count). The molecule has 7 heteroatoms. The highest BCUT2D eigenvalue weighted by Gasteiger charge is 2.35. The summed E-state index contributed by atoms with van der Waals surface area (Å²) in [6.07, 6.45) is -1.46. The molecule has 3 N–H and O–H groups in total. The molecule has 0 saturated heterocycles. The van der Waals surface area contributed by atoms with Crippen molar-refractivity contribution in [3.63, 3.8) is 0 Å². The molecule has 15 heavy (non-hydrogen) atoms. The molecule has 0 bridgehead atoms. The molecule has 0 aliphatic carbocycles. The average Bonchev–Trinajstić information content (AvgIpc) is 2.60. The number of rotatable bonds is 5. The Morgan fingerprint density at radius 3 is 2.47 bits per heavy atom. The van der Waals surface area contributed by atoms with Crippen LogP contribution in [0, 0.1) is 0 Å². The lowest BCUT2D eigenvalue weighted by molar-refractivity contribution is -0.144. The molecule has 0 saturated carbocycles. The lowest BCUT2D eigenvalue weighted by Crippen LogP contribution is -2.07. The van der Waals surface area contributed by atoms with Gasteiger partial charge < -0.3 is 5.73 Å². The Balaban J connectivity index is 2.40. The van der Waals surface area contributed by atoms with E-state index in [1.807, 2.05) is 0 Å². The van der Waals surface area contributed by atoms with Crippen LogP contribution in [0.3, 0.4) is 0 Å². The number of hydrogen-bond donors (Lipinski definition) is 2. The van der Waals surface area contributed by atoms with Crippen molar-refractivity contribution in [1.82, 2.24) is 15.2 Å². The third-order valence-electron chi connectivity index (χ3n) is 1.90. The zero-order chi connectivity index (χ0) is 11.3. The summed E-state index contributed by atoms with van der Waals surface area (Å²) in [7, 11) is 0. The maximum absolute atomic E-state index is 12.1. The molecule has 0 amide bonds. The third kappa shape index (κ3) is 3.86. The van der Waals surface area contributed by atoms with Crippen molar-refractivity contribution in [2.45, 2.75) is 31.9 Å². The Morgan fingerprint density at radius 1 is 1.20 bits per heavy atom. The lowest BCUT2D eigenvalue weighted by atomic mass is 10.2. The quantitative estimate of drug-likeness (QED) is 0.742. The van der Waals surface area contributed by atoms with Crippen LogP contribution in [0.15, 0.2) is 0 Å². The van der Waals surface area contributed by atoms with Crippen LogP contribution in [0.5, 0.6) is 0 Å². The van der Waals surface area contributed by atoms with Gasteiger partial charge in [-0.3, -0.25) is 5.10 Å². The Morgan fingerprint density at radius 2 is 1.93 bits per heavy atom. The first-order chi connectivity index (χ1) is 7.04. The summed E-state index contributed by atoms with van der Waals surface area (Å²) >= 11 is 0. The van der Waals surface area contributed by atoms with Crippen molar-refractivity contribution in [1.29, 1.82) is 0 Å². The van der Waals surface area contributed by atoms with E-state index in [4.69, 9.17) is 5.73 Å².